The summed E-state index contributed by atoms with van der Waals surface area (Å²) in [5.74, 6) is 1.06. The first-order chi connectivity index (χ1) is 7.83. The molecule has 0 unspecified atom stereocenters. The van der Waals surface area contributed by atoms with Crippen LogP contribution in [-0.4, -0.2) is 30.7 Å². The summed E-state index contributed by atoms with van der Waals surface area (Å²) in [5.41, 5.74) is 5.29. The summed E-state index contributed by atoms with van der Waals surface area (Å²) in [4.78, 5) is 0. The molecule has 0 bridgehead atoms. The van der Waals surface area contributed by atoms with Crippen molar-refractivity contribution >= 4 is 5.84 Å². The molecule has 0 saturated heterocycles. The lowest BCUT2D eigenvalue weighted by molar-refractivity contribution is 0.308. The molecule has 0 spiro atoms. The minimum Gasteiger partial charge on any atom is -0.494 e. The molecule has 0 fully saturated rings. The first-order valence-electron chi connectivity index (χ1n) is 5.18. The highest BCUT2D eigenvalue weighted by atomic mass is 16.5. The minimum absolute atomic E-state index is 0.184. The van der Waals surface area contributed by atoms with Gasteiger partial charge in [0.15, 0.2) is 5.84 Å². The van der Waals surface area contributed by atoms with Crippen molar-refractivity contribution < 1.29 is 9.94 Å². The maximum Gasteiger partial charge on any atom is 0.153 e. The lowest BCUT2D eigenvalue weighted by atomic mass is 10.3. The Balaban J connectivity index is 2.01. The maximum atomic E-state index is 8.28. The molecule has 88 valence electrons. The molecule has 1 aromatic carbocycles. The topological polar surface area (TPSA) is 79.9 Å². The van der Waals surface area contributed by atoms with Gasteiger partial charge < -0.3 is 21.0 Å². The van der Waals surface area contributed by atoms with Crippen LogP contribution in [0.3, 0.4) is 0 Å². The summed E-state index contributed by atoms with van der Waals surface area (Å²) in [7, 11) is 0. The van der Waals surface area contributed by atoms with Crippen molar-refractivity contribution in [3.05, 3.63) is 30.3 Å². The normalized spacial score (nSPS) is 11.4. The third kappa shape index (κ3) is 5.21. The number of ether oxygens (including phenoxy) is 1. The fourth-order valence-electron chi connectivity index (χ4n) is 1.16. The fraction of sp³-hybridized carbons (Fsp3) is 0.364. The third-order valence-corrected chi connectivity index (χ3v) is 1.94. The van der Waals surface area contributed by atoms with Gasteiger partial charge in [-0.25, -0.2) is 0 Å². The summed E-state index contributed by atoms with van der Waals surface area (Å²) in [6.45, 7) is 1.80. The van der Waals surface area contributed by atoms with Gasteiger partial charge in [0.2, 0.25) is 0 Å². The summed E-state index contributed by atoms with van der Waals surface area (Å²) in [5, 5.41) is 14.2. The highest BCUT2D eigenvalue weighted by Crippen LogP contribution is 2.07. The zero-order valence-corrected chi connectivity index (χ0v) is 9.10. The van der Waals surface area contributed by atoms with Crippen LogP contribution in [0.25, 0.3) is 0 Å². The van der Waals surface area contributed by atoms with E-state index in [0.29, 0.717) is 13.2 Å². The Morgan fingerprint density at radius 1 is 1.38 bits per heavy atom. The lowest BCUT2D eigenvalue weighted by Crippen LogP contribution is -2.30. The van der Waals surface area contributed by atoms with E-state index in [9.17, 15) is 0 Å². The fourth-order valence-corrected chi connectivity index (χ4v) is 1.16. The van der Waals surface area contributed by atoms with E-state index in [4.69, 9.17) is 15.7 Å². The Kier molecular flexibility index (Phi) is 5.80. The second-order valence-electron chi connectivity index (χ2n) is 3.28. The number of nitrogens with two attached hydrogens (primary N) is 1. The number of nitrogens with one attached hydrogen (secondary N) is 1. The van der Waals surface area contributed by atoms with Gasteiger partial charge in [-0.15, -0.1) is 0 Å². The van der Waals surface area contributed by atoms with Crippen molar-refractivity contribution in [1.82, 2.24) is 5.32 Å². The highest BCUT2D eigenvalue weighted by Gasteiger charge is 1.93. The van der Waals surface area contributed by atoms with E-state index in [2.05, 4.69) is 10.5 Å². The van der Waals surface area contributed by atoms with Gasteiger partial charge in [0.25, 0.3) is 0 Å². The van der Waals surface area contributed by atoms with Crippen LogP contribution in [0.1, 0.15) is 6.42 Å². The van der Waals surface area contributed by atoms with Crippen molar-refractivity contribution in [1.29, 1.82) is 0 Å². The standard InChI is InChI=1S/C11H17N3O2/c12-11(14-15)9-13-7-4-8-16-10-5-2-1-3-6-10/h1-3,5-6,13,15H,4,7-9H2,(H2,12,14). The summed E-state index contributed by atoms with van der Waals surface area (Å²) < 4.78 is 5.49. The van der Waals surface area contributed by atoms with Gasteiger partial charge in [-0.3, -0.25) is 0 Å². The number of benzene rings is 1. The number of hydrogen-bond acceptors (Lipinski definition) is 4. The van der Waals surface area contributed by atoms with Gasteiger partial charge in [0, 0.05) is 0 Å². The number of hydrogen-bond donors (Lipinski definition) is 3. The molecule has 16 heavy (non-hydrogen) atoms. The maximum absolute atomic E-state index is 8.28. The highest BCUT2D eigenvalue weighted by molar-refractivity contribution is 5.81. The number of amidine groups is 1. The molecule has 0 aromatic heterocycles. The SMILES string of the molecule is NC(CNCCCOc1ccccc1)=NO. The summed E-state index contributed by atoms with van der Waals surface area (Å²) in [6, 6.07) is 9.66. The molecule has 0 radical (unpaired) electrons. The van der Waals surface area contributed by atoms with Crippen molar-refractivity contribution in [3.63, 3.8) is 0 Å². The van der Waals surface area contributed by atoms with E-state index in [1.165, 1.54) is 0 Å². The van der Waals surface area contributed by atoms with Crippen LogP contribution in [0.15, 0.2) is 35.5 Å². The van der Waals surface area contributed by atoms with Gasteiger partial charge in [-0.2, -0.15) is 0 Å². The van der Waals surface area contributed by atoms with Crippen LogP contribution < -0.4 is 15.8 Å². The summed E-state index contributed by atoms with van der Waals surface area (Å²) >= 11 is 0. The zero-order chi connectivity index (χ0) is 11.6. The van der Waals surface area contributed by atoms with Gasteiger partial charge in [0.05, 0.1) is 13.2 Å². The Hall–Kier alpha value is -1.75. The van der Waals surface area contributed by atoms with Crippen LogP contribution in [-0.2, 0) is 0 Å². The first-order valence-corrected chi connectivity index (χ1v) is 5.18. The number of nitrogens with zero attached hydrogens (tertiary/aromatic N) is 1. The van der Waals surface area contributed by atoms with E-state index >= 15 is 0 Å². The molecule has 1 aromatic rings. The van der Waals surface area contributed by atoms with Crippen molar-refractivity contribution in [3.8, 4) is 5.75 Å². The van der Waals surface area contributed by atoms with Crippen LogP contribution in [0.5, 0.6) is 5.75 Å². The molecule has 4 N–H and O–H groups in total. The average Bonchev–Trinajstić information content (AvgIpc) is 2.34. The van der Waals surface area contributed by atoms with Gasteiger partial charge in [-0.1, -0.05) is 23.4 Å². The van der Waals surface area contributed by atoms with E-state index in [1.807, 2.05) is 30.3 Å². The summed E-state index contributed by atoms with van der Waals surface area (Å²) in [6.07, 6.45) is 0.869. The van der Waals surface area contributed by atoms with E-state index in [0.717, 1.165) is 18.7 Å². The lowest BCUT2D eigenvalue weighted by Gasteiger charge is -2.06. The largest absolute Gasteiger partial charge is 0.494 e. The predicted octanol–water partition coefficient (Wildman–Crippen LogP) is 0.791. The Bertz CT molecular complexity index is 314. The van der Waals surface area contributed by atoms with Crippen molar-refractivity contribution in [2.24, 2.45) is 10.9 Å². The quantitative estimate of drug-likeness (QED) is 0.210. The minimum atomic E-state index is 0.184. The van der Waals surface area contributed by atoms with Crippen molar-refractivity contribution in [2.45, 2.75) is 6.42 Å². The molecule has 0 aliphatic heterocycles. The van der Waals surface area contributed by atoms with E-state index < -0.39 is 0 Å². The van der Waals surface area contributed by atoms with Crippen LogP contribution >= 0.6 is 0 Å². The molecule has 0 aliphatic carbocycles. The van der Waals surface area contributed by atoms with Gasteiger partial charge in [0.1, 0.15) is 5.75 Å². The molecular weight excluding hydrogens is 206 g/mol. The second-order valence-corrected chi connectivity index (χ2v) is 3.28. The van der Waals surface area contributed by atoms with Gasteiger partial charge >= 0.3 is 0 Å². The van der Waals surface area contributed by atoms with E-state index in [1.54, 1.807) is 0 Å². The molecule has 0 aliphatic rings. The molecule has 0 atom stereocenters. The molecule has 0 saturated carbocycles. The number of rotatable bonds is 7. The molecular formula is C11H17N3O2. The molecule has 1 rings (SSSR count). The Labute approximate surface area is 94.9 Å². The Morgan fingerprint density at radius 3 is 2.81 bits per heavy atom. The van der Waals surface area contributed by atoms with E-state index in [-0.39, 0.29) is 5.84 Å². The number of oxime groups is 1. The zero-order valence-electron chi connectivity index (χ0n) is 9.10. The smallest absolute Gasteiger partial charge is 0.153 e. The third-order valence-electron chi connectivity index (χ3n) is 1.94. The van der Waals surface area contributed by atoms with Crippen LogP contribution in [0, 0.1) is 0 Å². The molecule has 5 nitrogen and oxygen atoms in total. The van der Waals surface area contributed by atoms with Crippen LogP contribution in [0.4, 0.5) is 0 Å². The monoisotopic (exact) mass is 223 g/mol. The van der Waals surface area contributed by atoms with Crippen LogP contribution in [0.2, 0.25) is 0 Å². The molecule has 0 heterocycles. The van der Waals surface area contributed by atoms with Crippen molar-refractivity contribution in [2.75, 3.05) is 19.7 Å². The molecule has 5 heteroatoms. The second kappa shape index (κ2) is 7.53. The average molecular weight is 223 g/mol. The Morgan fingerprint density at radius 2 is 2.12 bits per heavy atom. The molecule has 0 amide bonds. The van der Waals surface area contributed by atoms with Gasteiger partial charge in [-0.05, 0) is 25.1 Å². The first kappa shape index (κ1) is 12.3. The number of para-hydroxylation sites is 1. The predicted molar refractivity (Wildman–Crippen MR) is 62.8 cm³/mol.